The second-order valence-corrected chi connectivity index (χ2v) is 8.40. The van der Waals surface area contributed by atoms with Crippen molar-refractivity contribution in [1.29, 1.82) is 0 Å². The fourth-order valence-corrected chi connectivity index (χ4v) is 3.07. The van der Waals surface area contributed by atoms with Crippen LogP contribution in [0.5, 0.6) is 0 Å². The second-order valence-electron chi connectivity index (χ2n) is 8.40. The number of hydrogen-bond donors (Lipinski definition) is 3. The van der Waals surface area contributed by atoms with Gasteiger partial charge in [-0.2, -0.15) is 0 Å². The highest BCUT2D eigenvalue weighted by molar-refractivity contribution is 5.92. The highest BCUT2D eigenvalue weighted by atomic mass is 16.5. The van der Waals surface area contributed by atoms with Gasteiger partial charge in [-0.1, -0.05) is 67.2 Å². The first-order valence-corrected chi connectivity index (χ1v) is 11.2. The molecule has 0 aromatic heterocycles. The van der Waals surface area contributed by atoms with Gasteiger partial charge in [0.25, 0.3) is 0 Å². The van der Waals surface area contributed by atoms with Gasteiger partial charge in [0.05, 0.1) is 18.6 Å². The number of ether oxygens (including phenoxy) is 1. The molecule has 0 aromatic carbocycles. The number of nitrogens with two attached hydrogens (primary N) is 1. The van der Waals surface area contributed by atoms with Crippen LogP contribution in [0.3, 0.4) is 0 Å². The van der Waals surface area contributed by atoms with Crippen molar-refractivity contribution in [3.8, 4) is 0 Å². The van der Waals surface area contributed by atoms with Crippen LogP contribution in [0.2, 0.25) is 0 Å². The molecule has 0 radical (unpaired) electrons. The third kappa shape index (κ3) is 10.6. The molecule has 0 saturated carbocycles. The Bertz CT molecular complexity index is 494. The molecule has 7 nitrogen and oxygen atoms in total. The standard InChI is InChI=1S/C22H43N3O4/c1-7-9-11-12-13-24-21(27)19(16(5)6)25-20(26)18(23)17(15(3)4)22(28)29-14-10-8-2/h15-19H,7-14,23H2,1-6H3,(H,24,27)(H,25,26)/t17?,18-,19-/m0/s1. The SMILES string of the molecule is CCCCCCNC(=O)[C@@H](NC(=O)[C@@H](N)C(C(=O)OCCCC)C(C)C)C(C)C. The van der Waals surface area contributed by atoms with E-state index >= 15 is 0 Å². The van der Waals surface area contributed by atoms with Gasteiger partial charge in [-0.05, 0) is 24.7 Å². The zero-order valence-corrected chi connectivity index (χ0v) is 19.3. The molecule has 0 aromatic rings. The zero-order chi connectivity index (χ0) is 22.4. The van der Waals surface area contributed by atoms with Crippen molar-refractivity contribution in [3.63, 3.8) is 0 Å². The molecule has 0 spiro atoms. The number of carbonyl (C=O) groups excluding carboxylic acids is 3. The maximum Gasteiger partial charge on any atom is 0.311 e. The predicted molar refractivity (Wildman–Crippen MR) is 116 cm³/mol. The molecular formula is C22H43N3O4. The highest BCUT2D eigenvalue weighted by Gasteiger charge is 2.36. The molecule has 0 bridgehead atoms. The number of nitrogens with one attached hydrogen (secondary N) is 2. The van der Waals surface area contributed by atoms with E-state index in [0.717, 1.165) is 38.5 Å². The van der Waals surface area contributed by atoms with E-state index < -0.39 is 29.9 Å². The van der Waals surface area contributed by atoms with Crippen molar-refractivity contribution in [2.75, 3.05) is 13.2 Å². The van der Waals surface area contributed by atoms with Crippen LogP contribution in [0.4, 0.5) is 0 Å². The molecule has 0 saturated heterocycles. The van der Waals surface area contributed by atoms with Crippen molar-refractivity contribution >= 4 is 17.8 Å². The summed E-state index contributed by atoms with van der Waals surface area (Å²) in [4.78, 5) is 37.7. The predicted octanol–water partition coefficient (Wildman–Crippen LogP) is 2.77. The molecular weight excluding hydrogens is 370 g/mol. The molecule has 170 valence electrons. The topological polar surface area (TPSA) is 111 Å². The first kappa shape index (κ1) is 27.4. The molecule has 0 fully saturated rings. The summed E-state index contributed by atoms with van der Waals surface area (Å²) in [6.07, 6.45) is 5.93. The van der Waals surface area contributed by atoms with Crippen molar-refractivity contribution in [2.45, 2.75) is 92.2 Å². The summed E-state index contributed by atoms with van der Waals surface area (Å²) < 4.78 is 5.28. The van der Waals surface area contributed by atoms with Crippen LogP contribution in [0.1, 0.15) is 80.1 Å². The fraction of sp³-hybridized carbons (Fsp3) is 0.864. The minimum Gasteiger partial charge on any atom is -0.465 e. The molecule has 2 amide bonds. The molecule has 3 atom stereocenters. The van der Waals surface area contributed by atoms with E-state index in [1.165, 1.54) is 0 Å². The van der Waals surface area contributed by atoms with E-state index in [0.29, 0.717) is 13.2 Å². The van der Waals surface area contributed by atoms with Gasteiger partial charge in [-0.3, -0.25) is 14.4 Å². The van der Waals surface area contributed by atoms with Crippen LogP contribution in [0.15, 0.2) is 0 Å². The minimum atomic E-state index is -1.07. The van der Waals surface area contributed by atoms with Crippen molar-refractivity contribution < 1.29 is 19.1 Å². The Morgan fingerprint density at radius 2 is 1.48 bits per heavy atom. The Balaban J connectivity index is 4.90. The molecule has 4 N–H and O–H groups in total. The summed E-state index contributed by atoms with van der Waals surface area (Å²) in [5, 5.41) is 5.63. The third-order valence-corrected chi connectivity index (χ3v) is 5.00. The summed E-state index contributed by atoms with van der Waals surface area (Å²) in [7, 11) is 0. The fourth-order valence-electron chi connectivity index (χ4n) is 3.07. The van der Waals surface area contributed by atoms with Gasteiger partial charge in [0.1, 0.15) is 6.04 Å². The first-order chi connectivity index (χ1) is 13.7. The maximum atomic E-state index is 12.7. The third-order valence-electron chi connectivity index (χ3n) is 5.00. The van der Waals surface area contributed by atoms with Crippen molar-refractivity contribution in [1.82, 2.24) is 10.6 Å². The lowest BCUT2D eigenvalue weighted by Gasteiger charge is -2.28. The van der Waals surface area contributed by atoms with Gasteiger partial charge in [-0.15, -0.1) is 0 Å². The smallest absolute Gasteiger partial charge is 0.311 e. The van der Waals surface area contributed by atoms with Gasteiger partial charge >= 0.3 is 5.97 Å². The number of carbonyl (C=O) groups is 3. The summed E-state index contributed by atoms with van der Waals surface area (Å²) in [6.45, 7) is 12.5. The first-order valence-electron chi connectivity index (χ1n) is 11.2. The van der Waals surface area contributed by atoms with Crippen LogP contribution in [-0.2, 0) is 19.1 Å². The van der Waals surface area contributed by atoms with E-state index in [4.69, 9.17) is 10.5 Å². The monoisotopic (exact) mass is 413 g/mol. The molecule has 0 aliphatic heterocycles. The van der Waals surface area contributed by atoms with E-state index in [9.17, 15) is 14.4 Å². The van der Waals surface area contributed by atoms with Gasteiger partial charge in [0.2, 0.25) is 11.8 Å². The highest BCUT2D eigenvalue weighted by Crippen LogP contribution is 2.17. The van der Waals surface area contributed by atoms with Crippen LogP contribution in [-0.4, -0.2) is 43.0 Å². The Morgan fingerprint density at radius 3 is 2.00 bits per heavy atom. The largest absolute Gasteiger partial charge is 0.465 e. The van der Waals surface area contributed by atoms with Gasteiger partial charge in [0.15, 0.2) is 0 Å². The Morgan fingerprint density at radius 1 is 0.862 bits per heavy atom. The van der Waals surface area contributed by atoms with Crippen molar-refractivity contribution in [2.24, 2.45) is 23.5 Å². The number of hydrogen-bond acceptors (Lipinski definition) is 5. The molecule has 0 rings (SSSR count). The number of esters is 1. The molecule has 29 heavy (non-hydrogen) atoms. The quantitative estimate of drug-likeness (QED) is 0.282. The molecule has 0 aliphatic rings. The lowest BCUT2D eigenvalue weighted by Crippen LogP contribution is -2.57. The summed E-state index contributed by atoms with van der Waals surface area (Å²) >= 11 is 0. The minimum absolute atomic E-state index is 0.101. The maximum absolute atomic E-state index is 12.7. The second kappa shape index (κ2) is 15.2. The molecule has 0 aliphatic carbocycles. The number of amides is 2. The molecule has 7 heteroatoms. The van der Waals surface area contributed by atoms with E-state index in [-0.39, 0.29) is 17.7 Å². The van der Waals surface area contributed by atoms with E-state index in [1.807, 2.05) is 34.6 Å². The lowest BCUT2D eigenvalue weighted by atomic mass is 9.88. The number of rotatable bonds is 15. The Kier molecular flexibility index (Phi) is 14.4. The Labute approximate surface area is 176 Å². The van der Waals surface area contributed by atoms with Crippen LogP contribution in [0, 0.1) is 17.8 Å². The van der Waals surface area contributed by atoms with E-state index in [2.05, 4.69) is 17.6 Å². The Hall–Kier alpha value is -1.63. The van der Waals surface area contributed by atoms with Crippen molar-refractivity contribution in [3.05, 3.63) is 0 Å². The van der Waals surface area contributed by atoms with E-state index in [1.54, 1.807) is 0 Å². The van der Waals surface area contributed by atoms with Gasteiger partial charge in [0, 0.05) is 6.54 Å². The van der Waals surface area contributed by atoms with Gasteiger partial charge in [-0.25, -0.2) is 0 Å². The zero-order valence-electron chi connectivity index (χ0n) is 19.3. The van der Waals surface area contributed by atoms with Crippen LogP contribution >= 0.6 is 0 Å². The summed E-state index contributed by atoms with van der Waals surface area (Å²) in [6, 6.07) is -1.76. The number of unbranched alkanes of at least 4 members (excludes halogenated alkanes) is 4. The average Bonchev–Trinajstić information content (AvgIpc) is 2.65. The summed E-state index contributed by atoms with van der Waals surface area (Å²) in [5.74, 6) is -2.19. The summed E-state index contributed by atoms with van der Waals surface area (Å²) in [5.41, 5.74) is 6.13. The van der Waals surface area contributed by atoms with Crippen LogP contribution in [0.25, 0.3) is 0 Å². The molecule has 1 unspecified atom stereocenters. The normalized spacial score (nSPS) is 14.4. The van der Waals surface area contributed by atoms with Gasteiger partial charge < -0.3 is 21.1 Å². The average molecular weight is 414 g/mol. The molecule has 0 heterocycles. The van der Waals surface area contributed by atoms with Crippen LogP contribution < -0.4 is 16.4 Å². The lowest BCUT2D eigenvalue weighted by molar-refractivity contribution is -0.153.